The van der Waals surface area contributed by atoms with Gasteiger partial charge in [0, 0.05) is 10.6 Å². The average molecular weight is 331 g/mol. The molecule has 1 aliphatic rings. The van der Waals surface area contributed by atoms with Crippen molar-refractivity contribution in [2.75, 3.05) is 6.54 Å². The standard InChI is InChI=1S/C20H24ClNO/c1-2-18-7-3-4-13-22(18)15-16-6-5-8-20(14-16)23-19-11-9-17(21)10-12-19/h5-6,8-12,14,18H,2-4,7,13,15H2,1H3/p+1/t18-/m0/s1. The Balaban J connectivity index is 1.68. The fraction of sp³-hybridized carbons (Fsp3) is 0.400. The van der Waals surface area contributed by atoms with Crippen LogP contribution in [0.1, 0.15) is 38.2 Å². The first kappa shape index (κ1) is 16.4. The summed E-state index contributed by atoms with van der Waals surface area (Å²) in [7, 11) is 0. The van der Waals surface area contributed by atoms with E-state index in [2.05, 4.69) is 25.1 Å². The Morgan fingerprint density at radius 2 is 1.91 bits per heavy atom. The molecular weight excluding hydrogens is 306 g/mol. The minimum atomic E-state index is 0.727. The lowest BCUT2D eigenvalue weighted by molar-refractivity contribution is -0.944. The second-order valence-corrected chi connectivity index (χ2v) is 6.83. The predicted molar refractivity (Wildman–Crippen MR) is 95.4 cm³/mol. The molecule has 1 N–H and O–H groups in total. The third kappa shape index (κ3) is 4.49. The molecule has 0 aliphatic carbocycles. The van der Waals surface area contributed by atoms with Crippen LogP contribution in [0.15, 0.2) is 48.5 Å². The van der Waals surface area contributed by atoms with Crippen LogP contribution < -0.4 is 9.64 Å². The van der Waals surface area contributed by atoms with E-state index in [0.717, 1.165) is 29.1 Å². The zero-order chi connectivity index (χ0) is 16.1. The number of likely N-dealkylation sites (tertiary alicyclic amines) is 1. The average Bonchev–Trinajstić information content (AvgIpc) is 2.58. The van der Waals surface area contributed by atoms with Gasteiger partial charge in [-0.15, -0.1) is 0 Å². The molecule has 3 rings (SSSR count). The van der Waals surface area contributed by atoms with Crippen LogP contribution in [0.25, 0.3) is 0 Å². The Hall–Kier alpha value is -1.51. The van der Waals surface area contributed by atoms with Gasteiger partial charge in [0.15, 0.2) is 0 Å². The molecule has 122 valence electrons. The van der Waals surface area contributed by atoms with Gasteiger partial charge in [0.1, 0.15) is 18.0 Å². The Bertz CT molecular complexity index is 626. The number of rotatable bonds is 5. The monoisotopic (exact) mass is 330 g/mol. The molecule has 23 heavy (non-hydrogen) atoms. The highest BCUT2D eigenvalue weighted by atomic mass is 35.5. The van der Waals surface area contributed by atoms with Crippen LogP contribution >= 0.6 is 11.6 Å². The smallest absolute Gasteiger partial charge is 0.127 e. The highest BCUT2D eigenvalue weighted by molar-refractivity contribution is 6.30. The minimum Gasteiger partial charge on any atom is -0.457 e. The van der Waals surface area contributed by atoms with Gasteiger partial charge in [-0.2, -0.15) is 0 Å². The van der Waals surface area contributed by atoms with E-state index in [1.165, 1.54) is 37.8 Å². The zero-order valence-corrected chi connectivity index (χ0v) is 14.5. The van der Waals surface area contributed by atoms with Crippen molar-refractivity contribution in [2.45, 2.75) is 45.2 Å². The Labute approximate surface area is 144 Å². The Morgan fingerprint density at radius 3 is 2.70 bits per heavy atom. The van der Waals surface area contributed by atoms with E-state index in [4.69, 9.17) is 16.3 Å². The highest BCUT2D eigenvalue weighted by Crippen LogP contribution is 2.23. The van der Waals surface area contributed by atoms with Gasteiger partial charge in [-0.1, -0.05) is 30.7 Å². The molecule has 1 unspecified atom stereocenters. The lowest BCUT2D eigenvalue weighted by atomic mass is 9.99. The van der Waals surface area contributed by atoms with Crippen molar-refractivity contribution in [3.63, 3.8) is 0 Å². The van der Waals surface area contributed by atoms with Gasteiger partial charge in [0.05, 0.1) is 12.6 Å². The number of halogens is 1. The zero-order valence-electron chi connectivity index (χ0n) is 13.7. The Kier molecular flexibility index (Phi) is 5.58. The summed E-state index contributed by atoms with van der Waals surface area (Å²) in [6.07, 6.45) is 5.39. The topological polar surface area (TPSA) is 13.7 Å². The number of piperidine rings is 1. The van der Waals surface area contributed by atoms with E-state index in [0.29, 0.717) is 0 Å². The largest absolute Gasteiger partial charge is 0.457 e. The molecule has 1 heterocycles. The first-order valence-corrected chi connectivity index (χ1v) is 8.99. The van der Waals surface area contributed by atoms with Crippen LogP contribution in [0.5, 0.6) is 11.5 Å². The molecule has 2 nitrogen and oxygen atoms in total. The molecule has 2 aromatic rings. The van der Waals surface area contributed by atoms with Gasteiger partial charge in [-0.3, -0.25) is 0 Å². The third-order valence-electron chi connectivity index (χ3n) is 4.75. The molecular formula is C20H25ClNO+. The summed E-state index contributed by atoms with van der Waals surface area (Å²) in [5.74, 6) is 1.72. The van der Waals surface area contributed by atoms with Crippen LogP contribution in [0.4, 0.5) is 0 Å². The summed E-state index contributed by atoms with van der Waals surface area (Å²) < 4.78 is 5.95. The van der Waals surface area contributed by atoms with Crippen molar-refractivity contribution in [2.24, 2.45) is 0 Å². The van der Waals surface area contributed by atoms with Gasteiger partial charge in [-0.25, -0.2) is 0 Å². The van der Waals surface area contributed by atoms with Gasteiger partial charge < -0.3 is 9.64 Å². The molecule has 0 aromatic heterocycles. The van der Waals surface area contributed by atoms with Gasteiger partial charge in [0.25, 0.3) is 0 Å². The Morgan fingerprint density at radius 1 is 1.09 bits per heavy atom. The van der Waals surface area contributed by atoms with Crippen molar-refractivity contribution in [3.05, 3.63) is 59.1 Å². The summed E-state index contributed by atoms with van der Waals surface area (Å²) >= 11 is 5.92. The van der Waals surface area contributed by atoms with Crippen LogP contribution in [-0.2, 0) is 6.54 Å². The minimum absolute atomic E-state index is 0.727. The molecule has 0 bridgehead atoms. The van der Waals surface area contributed by atoms with E-state index in [1.807, 2.05) is 30.3 Å². The van der Waals surface area contributed by atoms with E-state index >= 15 is 0 Å². The quantitative estimate of drug-likeness (QED) is 0.853. The molecule has 1 fully saturated rings. The molecule has 0 saturated carbocycles. The maximum absolute atomic E-state index is 5.95. The number of hydrogen-bond acceptors (Lipinski definition) is 1. The molecule has 2 aromatic carbocycles. The summed E-state index contributed by atoms with van der Waals surface area (Å²) in [5, 5.41) is 0.727. The normalized spacial score (nSPS) is 21.1. The number of ether oxygens (including phenoxy) is 1. The maximum atomic E-state index is 5.95. The molecule has 3 heteroatoms. The SMILES string of the molecule is CC[C@H]1CCCC[NH+]1Cc1cccc(Oc2ccc(Cl)cc2)c1. The number of nitrogens with one attached hydrogen (secondary N) is 1. The van der Waals surface area contributed by atoms with E-state index < -0.39 is 0 Å². The van der Waals surface area contributed by atoms with Crippen molar-refractivity contribution >= 4 is 11.6 Å². The molecule has 1 aliphatic heterocycles. The van der Waals surface area contributed by atoms with Crippen molar-refractivity contribution < 1.29 is 9.64 Å². The summed E-state index contributed by atoms with van der Waals surface area (Å²) in [6.45, 7) is 4.70. The second kappa shape index (κ2) is 7.85. The van der Waals surface area contributed by atoms with Crippen molar-refractivity contribution in [3.8, 4) is 11.5 Å². The molecule has 2 atom stereocenters. The predicted octanol–water partition coefficient (Wildman–Crippen LogP) is 4.48. The lowest BCUT2D eigenvalue weighted by Crippen LogP contribution is -3.15. The van der Waals surface area contributed by atoms with Crippen LogP contribution in [0, 0.1) is 0 Å². The van der Waals surface area contributed by atoms with Gasteiger partial charge in [-0.05, 0) is 62.1 Å². The second-order valence-electron chi connectivity index (χ2n) is 6.39. The molecule has 1 saturated heterocycles. The molecule has 0 amide bonds. The first-order valence-electron chi connectivity index (χ1n) is 8.61. The molecule has 0 spiro atoms. The highest BCUT2D eigenvalue weighted by Gasteiger charge is 2.24. The van der Waals surface area contributed by atoms with Crippen LogP contribution in [-0.4, -0.2) is 12.6 Å². The fourth-order valence-corrected chi connectivity index (χ4v) is 3.62. The number of hydrogen-bond donors (Lipinski definition) is 1. The van der Waals surface area contributed by atoms with Gasteiger partial charge in [0.2, 0.25) is 0 Å². The van der Waals surface area contributed by atoms with Crippen LogP contribution in [0.3, 0.4) is 0 Å². The summed E-state index contributed by atoms with van der Waals surface area (Å²) in [5.41, 5.74) is 1.35. The summed E-state index contributed by atoms with van der Waals surface area (Å²) in [4.78, 5) is 1.72. The number of benzene rings is 2. The van der Waals surface area contributed by atoms with E-state index in [-0.39, 0.29) is 0 Å². The molecule has 0 radical (unpaired) electrons. The van der Waals surface area contributed by atoms with Gasteiger partial charge >= 0.3 is 0 Å². The van der Waals surface area contributed by atoms with Crippen LogP contribution in [0.2, 0.25) is 5.02 Å². The third-order valence-corrected chi connectivity index (χ3v) is 5.00. The first-order chi connectivity index (χ1) is 11.2. The fourth-order valence-electron chi connectivity index (χ4n) is 3.50. The van der Waals surface area contributed by atoms with E-state index in [9.17, 15) is 0 Å². The summed E-state index contributed by atoms with van der Waals surface area (Å²) in [6, 6.07) is 16.8. The van der Waals surface area contributed by atoms with E-state index in [1.54, 1.807) is 4.90 Å². The maximum Gasteiger partial charge on any atom is 0.127 e. The lowest BCUT2D eigenvalue weighted by Gasteiger charge is -2.32. The van der Waals surface area contributed by atoms with Crippen molar-refractivity contribution in [1.82, 2.24) is 0 Å². The van der Waals surface area contributed by atoms with Crippen molar-refractivity contribution in [1.29, 1.82) is 0 Å². The number of quaternary nitrogens is 1.